The van der Waals surface area contributed by atoms with E-state index in [1.165, 1.54) is 6.07 Å². The fourth-order valence-electron chi connectivity index (χ4n) is 1.74. The van der Waals surface area contributed by atoms with Crippen LogP contribution in [0.5, 0.6) is 0 Å². The van der Waals surface area contributed by atoms with Crippen molar-refractivity contribution < 1.29 is 13.9 Å². The highest BCUT2D eigenvalue weighted by atomic mass is 79.9. The highest BCUT2D eigenvalue weighted by Crippen LogP contribution is 2.32. The van der Waals surface area contributed by atoms with Crippen LogP contribution in [0, 0.1) is 18.6 Å². The van der Waals surface area contributed by atoms with Crippen molar-refractivity contribution in [3.8, 4) is 0 Å². The molecule has 0 heterocycles. The number of hydrogen-bond donors (Lipinski definition) is 1. The predicted octanol–water partition coefficient (Wildman–Crippen LogP) is 4.88. The van der Waals surface area contributed by atoms with Crippen molar-refractivity contribution in [2.24, 2.45) is 0 Å². The quantitative estimate of drug-likeness (QED) is 0.723. The molecule has 2 rings (SSSR count). The van der Waals surface area contributed by atoms with Crippen molar-refractivity contribution in [3.05, 3.63) is 67.6 Å². The normalized spacial score (nSPS) is 12.5. The average molecular weight is 392 g/mol. The van der Waals surface area contributed by atoms with Crippen molar-refractivity contribution in [1.82, 2.24) is 0 Å². The Bertz CT molecular complexity index is 629. The molecule has 1 unspecified atom stereocenters. The molecule has 0 aromatic heterocycles. The van der Waals surface area contributed by atoms with Gasteiger partial charge in [-0.15, -0.1) is 0 Å². The first-order chi connectivity index (χ1) is 8.91. The summed E-state index contributed by atoms with van der Waals surface area (Å²) in [4.78, 5) is 0. The van der Waals surface area contributed by atoms with Gasteiger partial charge in [0, 0.05) is 4.47 Å². The van der Waals surface area contributed by atoms with Gasteiger partial charge < -0.3 is 5.11 Å². The molecule has 0 fully saturated rings. The van der Waals surface area contributed by atoms with Gasteiger partial charge in [0.2, 0.25) is 0 Å². The van der Waals surface area contributed by atoms with Crippen LogP contribution in [0.4, 0.5) is 8.78 Å². The molecule has 0 saturated carbocycles. The second-order valence-corrected chi connectivity index (χ2v) is 5.88. The summed E-state index contributed by atoms with van der Waals surface area (Å²) in [6.45, 7) is 1.89. The molecule has 1 N–H and O–H groups in total. The fraction of sp³-hybridized carbons (Fsp3) is 0.143. The molecule has 0 spiro atoms. The zero-order chi connectivity index (χ0) is 14.2. The first-order valence-electron chi connectivity index (χ1n) is 5.49. The van der Waals surface area contributed by atoms with Crippen LogP contribution in [-0.2, 0) is 0 Å². The first-order valence-corrected chi connectivity index (χ1v) is 7.08. The topological polar surface area (TPSA) is 20.2 Å². The molecule has 0 aliphatic rings. The van der Waals surface area contributed by atoms with Gasteiger partial charge in [-0.05, 0) is 52.2 Å². The highest BCUT2D eigenvalue weighted by molar-refractivity contribution is 9.10. The van der Waals surface area contributed by atoms with Gasteiger partial charge in [0.05, 0.1) is 10.0 Å². The van der Waals surface area contributed by atoms with E-state index in [-0.39, 0.29) is 10.0 Å². The Morgan fingerprint density at radius 3 is 2.37 bits per heavy atom. The van der Waals surface area contributed by atoms with Gasteiger partial charge in [0.1, 0.15) is 17.7 Å². The summed E-state index contributed by atoms with van der Waals surface area (Å²) in [7, 11) is 0. The van der Waals surface area contributed by atoms with Crippen LogP contribution in [0.1, 0.15) is 22.8 Å². The van der Waals surface area contributed by atoms with Gasteiger partial charge in [-0.1, -0.05) is 28.1 Å². The standard InChI is InChI=1S/C14H10Br2F2O/c1-7-2-3-8(6-10(7)16)14(19)12-11(17)5-4-9(15)13(12)18/h2-6,14,19H,1H3. The summed E-state index contributed by atoms with van der Waals surface area (Å²) in [5.74, 6) is -1.56. The molecule has 0 aliphatic carbocycles. The Balaban J connectivity index is 2.52. The van der Waals surface area contributed by atoms with Gasteiger partial charge in [-0.3, -0.25) is 0 Å². The molecular formula is C14H10Br2F2O. The number of aliphatic hydroxyl groups is 1. The molecule has 0 saturated heterocycles. The zero-order valence-electron chi connectivity index (χ0n) is 9.92. The monoisotopic (exact) mass is 390 g/mol. The number of benzene rings is 2. The van der Waals surface area contributed by atoms with Crippen molar-refractivity contribution in [1.29, 1.82) is 0 Å². The Morgan fingerprint density at radius 2 is 1.74 bits per heavy atom. The van der Waals surface area contributed by atoms with Gasteiger partial charge in [-0.25, -0.2) is 8.78 Å². The molecule has 0 aliphatic heterocycles. The summed E-state index contributed by atoms with van der Waals surface area (Å²) in [5.41, 5.74) is 1.05. The molecule has 19 heavy (non-hydrogen) atoms. The lowest BCUT2D eigenvalue weighted by Crippen LogP contribution is -2.06. The maximum atomic E-state index is 13.9. The molecule has 2 aromatic carbocycles. The van der Waals surface area contributed by atoms with E-state index in [0.717, 1.165) is 16.1 Å². The predicted molar refractivity (Wildman–Crippen MR) is 77.0 cm³/mol. The molecule has 5 heteroatoms. The second kappa shape index (κ2) is 5.69. The van der Waals surface area contributed by atoms with Crippen LogP contribution >= 0.6 is 31.9 Å². The maximum Gasteiger partial charge on any atom is 0.146 e. The summed E-state index contributed by atoms with van der Waals surface area (Å²) < 4.78 is 28.5. The Hall–Kier alpha value is -0.780. The van der Waals surface area contributed by atoms with Crippen molar-refractivity contribution in [2.45, 2.75) is 13.0 Å². The number of aryl methyl sites for hydroxylation is 1. The lowest BCUT2D eigenvalue weighted by molar-refractivity contribution is 0.208. The minimum Gasteiger partial charge on any atom is -0.383 e. The summed E-state index contributed by atoms with van der Waals surface area (Å²) in [5, 5.41) is 10.2. The van der Waals surface area contributed by atoms with E-state index in [1.54, 1.807) is 18.2 Å². The van der Waals surface area contributed by atoms with Gasteiger partial charge in [0.25, 0.3) is 0 Å². The average Bonchev–Trinajstić information content (AvgIpc) is 2.37. The molecule has 1 atom stereocenters. The van der Waals surface area contributed by atoms with E-state index in [2.05, 4.69) is 31.9 Å². The van der Waals surface area contributed by atoms with Gasteiger partial charge in [-0.2, -0.15) is 0 Å². The number of hydrogen-bond acceptors (Lipinski definition) is 1. The van der Waals surface area contributed by atoms with Crippen LogP contribution in [0.2, 0.25) is 0 Å². The number of aliphatic hydroxyl groups excluding tert-OH is 1. The van der Waals surface area contributed by atoms with Crippen LogP contribution in [0.25, 0.3) is 0 Å². The third-order valence-electron chi connectivity index (χ3n) is 2.86. The first kappa shape index (κ1) is 14.6. The maximum absolute atomic E-state index is 13.9. The van der Waals surface area contributed by atoms with E-state index in [0.29, 0.717) is 5.56 Å². The summed E-state index contributed by atoms with van der Waals surface area (Å²) in [6, 6.07) is 7.46. The molecule has 1 nitrogen and oxygen atoms in total. The smallest absolute Gasteiger partial charge is 0.146 e. The number of rotatable bonds is 2. The summed E-state index contributed by atoms with van der Waals surface area (Å²) >= 11 is 6.32. The minimum absolute atomic E-state index is 0.120. The third kappa shape index (κ3) is 2.88. The van der Waals surface area contributed by atoms with E-state index in [4.69, 9.17) is 0 Å². The van der Waals surface area contributed by atoms with Gasteiger partial charge in [0.15, 0.2) is 0 Å². The van der Waals surface area contributed by atoms with Crippen molar-refractivity contribution >= 4 is 31.9 Å². The Morgan fingerprint density at radius 1 is 1.05 bits per heavy atom. The van der Waals surface area contributed by atoms with Crippen molar-refractivity contribution in [2.75, 3.05) is 0 Å². The minimum atomic E-state index is -1.35. The molecule has 100 valence electrons. The Labute approximate surface area is 126 Å². The zero-order valence-corrected chi connectivity index (χ0v) is 13.1. The number of halogens is 4. The van der Waals surface area contributed by atoms with Crippen LogP contribution in [0.3, 0.4) is 0 Å². The lowest BCUT2D eigenvalue weighted by Gasteiger charge is -2.15. The van der Waals surface area contributed by atoms with E-state index < -0.39 is 17.7 Å². The third-order valence-corrected chi connectivity index (χ3v) is 4.33. The van der Waals surface area contributed by atoms with Crippen LogP contribution in [0.15, 0.2) is 39.3 Å². The second-order valence-electron chi connectivity index (χ2n) is 4.17. The van der Waals surface area contributed by atoms with Crippen molar-refractivity contribution in [3.63, 3.8) is 0 Å². The van der Waals surface area contributed by atoms with Gasteiger partial charge >= 0.3 is 0 Å². The largest absolute Gasteiger partial charge is 0.383 e. The van der Waals surface area contributed by atoms with E-state index in [9.17, 15) is 13.9 Å². The van der Waals surface area contributed by atoms with Crippen LogP contribution < -0.4 is 0 Å². The van der Waals surface area contributed by atoms with E-state index >= 15 is 0 Å². The fourth-order valence-corrected chi connectivity index (χ4v) is 2.48. The summed E-state index contributed by atoms with van der Waals surface area (Å²) in [6.07, 6.45) is -1.35. The molecule has 2 aromatic rings. The molecule has 0 bridgehead atoms. The molecule has 0 amide bonds. The SMILES string of the molecule is Cc1ccc(C(O)c2c(F)ccc(Br)c2F)cc1Br. The van der Waals surface area contributed by atoms with E-state index in [1.807, 2.05) is 6.92 Å². The molecule has 0 radical (unpaired) electrons. The molecular weight excluding hydrogens is 382 g/mol. The van der Waals surface area contributed by atoms with Crippen LogP contribution in [-0.4, -0.2) is 5.11 Å². The Kier molecular flexibility index (Phi) is 4.38. The lowest BCUT2D eigenvalue weighted by atomic mass is 9.99. The highest BCUT2D eigenvalue weighted by Gasteiger charge is 2.22.